The summed E-state index contributed by atoms with van der Waals surface area (Å²) in [5.74, 6) is -1.62. The van der Waals surface area contributed by atoms with Gasteiger partial charge in [-0.25, -0.2) is 0 Å². The molecule has 3 rings (SSSR count). The highest BCUT2D eigenvalue weighted by molar-refractivity contribution is 6.09. The van der Waals surface area contributed by atoms with E-state index in [9.17, 15) is 19.2 Å². The predicted molar refractivity (Wildman–Crippen MR) is 118 cm³/mol. The highest BCUT2D eigenvalue weighted by Crippen LogP contribution is 2.15. The Kier molecular flexibility index (Phi) is 7.13. The number of carbonyl (C=O) groups is 4. The molecule has 0 saturated heterocycles. The molecule has 0 unspecified atom stereocenters. The molecule has 7 nitrogen and oxygen atoms in total. The Bertz CT molecular complexity index is 1140. The Morgan fingerprint density at radius 1 is 0.844 bits per heavy atom. The summed E-state index contributed by atoms with van der Waals surface area (Å²) in [4.78, 5) is 48.1. The predicted octanol–water partition coefficient (Wildman–Crippen LogP) is 2.67. The maximum atomic E-state index is 12.6. The lowest BCUT2D eigenvalue weighted by atomic mass is 9.99. The van der Waals surface area contributed by atoms with E-state index in [0.717, 1.165) is 5.56 Å². The van der Waals surface area contributed by atoms with Crippen LogP contribution in [0.4, 0.5) is 0 Å². The molecule has 0 radical (unpaired) electrons. The number of nitrogens with two attached hydrogens (primary N) is 1. The summed E-state index contributed by atoms with van der Waals surface area (Å²) in [5, 5.41) is 2.60. The van der Waals surface area contributed by atoms with Crippen molar-refractivity contribution in [2.75, 3.05) is 0 Å². The summed E-state index contributed by atoms with van der Waals surface area (Å²) in [5.41, 5.74) is 7.53. The Labute approximate surface area is 185 Å². The Morgan fingerprint density at radius 2 is 1.47 bits per heavy atom. The summed E-state index contributed by atoms with van der Waals surface area (Å²) in [6.45, 7) is 1.26. The fourth-order valence-corrected chi connectivity index (χ4v) is 3.12. The van der Waals surface area contributed by atoms with Crippen LogP contribution in [0.15, 0.2) is 78.9 Å². The smallest absolute Gasteiger partial charge is 0.308 e. The van der Waals surface area contributed by atoms with Gasteiger partial charge in [-0.1, -0.05) is 60.7 Å². The summed E-state index contributed by atoms with van der Waals surface area (Å²) in [6, 6.07) is 20.8. The van der Waals surface area contributed by atoms with Crippen LogP contribution in [-0.4, -0.2) is 29.6 Å². The van der Waals surface area contributed by atoms with Crippen molar-refractivity contribution in [1.82, 2.24) is 5.32 Å². The molecule has 0 bridgehead atoms. The quantitative estimate of drug-likeness (QED) is 0.324. The SMILES string of the molecule is CC(=O)Oc1cccc(C(=O)N[C@H](Cc2ccc(C(=O)c3ccccc3)cc2)C(N)=O)c1. The average Bonchev–Trinajstić information content (AvgIpc) is 2.79. The van der Waals surface area contributed by atoms with Gasteiger partial charge >= 0.3 is 5.97 Å². The number of nitrogens with one attached hydrogen (secondary N) is 1. The molecule has 32 heavy (non-hydrogen) atoms. The van der Waals surface area contributed by atoms with Crippen LogP contribution in [0.25, 0.3) is 0 Å². The van der Waals surface area contributed by atoms with Crippen LogP contribution in [0.3, 0.4) is 0 Å². The molecule has 0 saturated carbocycles. The van der Waals surface area contributed by atoms with Gasteiger partial charge in [-0.3, -0.25) is 19.2 Å². The molecule has 0 aliphatic rings. The van der Waals surface area contributed by atoms with Crippen LogP contribution in [0.1, 0.15) is 38.8 Å². The second kappa shape index (κ2) is 10.2. The number of hydrogen-bond donors (Lipinski definition) is 2. The van der Waals surface area contributed by atoms with Crippen molar-refractivity contribution < 1.29 is 23.9 Å². The van der Waals surface area contributed by atoms with Crippen LogP contribution >= 0.6 is 0 Å². The molecule has 3 N–H and O–H groups in total. The highest BCUT2D eigenvalue weighted by atomic mass is 16.5. The van der Waals surface area contributed by atoms with E-state index in [4.69, 9.17) is 10.5 Å². The van der Waals surface area contributed by atoms with Gasteiger partial charge in [0.25, 0.3) is 5.91 Å². The van der Waals surface area contributed by atoms with E-state index in [0.29, 0.717) is 11.1 Å². The summed E-state index contributed by atoms with van der Waals surface area (Å²) >= 11 is 0. The zero-order valence-corrected chi connectivity index (χ0v) is 17.4. The first kappa shape index (κ1) is 22.4. The minimum atomic E-state index is -0.962. The van der Waals surface area contributed by atoms with Gasteiger partial charge in [-0.15, -0.1) is 0 Å². The van der Waals surface area contributed by atoms with Gasteiger partial charge in [-0.2, -0.15) is 0 Å². The number of ketones is 1. The third-order valence-corrected chi connectivity index (χ3v) is 4.70. The third-order valence-electron chi connectivity index (χ3n) is 4.70. The molecular weight excluding hydrogens is 408 g/mol. The van der Waals surface area contributed by atoms with Crippen molar-refractivity contribution in [2.24, 2.45) is 5.73 Å². The average molecular weight is 430 g/mol. The zero-order chi connectivity index (χ0) is 23.1. The molecule has 3 aromatic carbocycles. The lowest BCUT2D eigenvalue weighted by Gasteiger charge is -2.16. The standard InChI is InChI=1S/C25H22N2O5/c1-16(28)32-21-9-5-8-20(15-21)25(31)27-22(24(26)30)14-17-10-12-19(13-11-17)23(29)18-6-3-2-4-7-18/h2-13,15,22H,14H2,1H3,(H2,26,30)(H,27,31)/t22-/m1/s1. The van der Waals surface area contributed by atoms with Gasteiger partial charge in [0.05, 0.1) is 0 Å². The van der Waals surface area contributed by atoms with Crippen molar-refractivity contribution >= 4 is 23.6 Å². The maximum Gasteiger partial charge on any atom is 0.308 e. The normalized spacial score (nSPS) is 11.3. The third kappa shape index (κ3) is 5.89. The second-order valence-electron chi connectivity index (χ2n) is 7.15. The number of rotatable bonds is 8. The Balaban J connectivity index is 1.69. The minimum Gasteiger partial charge on any atom is -0.427 e. The van der Waals surface area contributed by atoms with E-state index in [1.807, 2.05) is 6.07 Å². The van der Waals surface area contributed by atoms with E-state index in [1.165, 1.54) is 19.1 Å². The Morgan fingerprint density at radius 3 is 2.09 bits per heavy atom. The lowest BCUT2D eigenvalue weighted by molar-refractivity contribution is -0.131. The first-order chi connectivity index (χ1) is 15.3. The van der Waals surface area contributed by atoms with Gasteiger partial charge in [0.1, 0.15) is 11.8 Å². The van der Waals surface area contributed by atoms with Crippen LogP contribution in [0, 0.1) is 0 Å². The van der Waals surface area contributed by atoms with Crippen LogP contribution in [0.5, 0.6) is 5.75 Å². The van der Waals surface area contributed by atoms with E-state index >= 15 is 0 Å². The molecule has 3 aromatic rings. The molecule has 0 aromatic heterocycles. The molecule has 0 aliphatic heterocycles. The number of ether oxygens (including phenoxy) is 1. The van der Waals surface area contributed by atoms with Crippen molar-refractivity contribution in [3.63, 3.8) is 0 Å². The monoisotopic (exact) mass is 430 g/mol. The number of amides is 2. The van der Waals surface area contributed by atoms with Gasteiger partial charge < -0.3 is 15.8 Å². The van der Waals surface area contributed by atoms with E-state index in [2.05, 4.69) is 5.32 Å². The summed E-state index contributed by atoms with van der Waals surface area (Å²) in [6.07, 6.45) is 0.157. The summed E-state index contributed by atoms with van der Waals surface area (Å²) < 4.78 is 4.98. The van der Waals surface area contributed by atoms with Gasteiger partial charge in [0.15, 0.2) is 5.78 Å². The first-order valence-corrected chi connectivity index (χ1v) is 9.91. The largest absolute Gasteiger partial charge is 0.427 e. The number of primary amides is 1. The van der Waals surface area contributed by atoms with Crippen LogP contribution in [0.2, 0.25) is 0 Å². The first-order valence-electron chi connectivity index (χ1n) is 9.91. The fourth-order valence-electron chi connectivity index (χ4n) is 3.12. The molecule has 0 spiro atoms. The molecule has 0 aliphatic carbocycles. The molecule has 2 amide bonds. The van der Waals surface area contributed by atoms with Crippen molar-refractivity contribution in [3.8, 4) is 5.75 Å². The number of carbonyl (C=O) groups excluding carboxylic acids is 4. The summed E-state index contributed by atoms with van der Waals surface area (Å²) in [7, 11) is 0. The molecule has 0 heterocycles. The topological polar surface area (TPSA) is 116 Å². The van der Waals surface area contributed by atoms with E-state index in [-0.39, 0.29) is 23.5 Å². The van der Waals surface area contributed by atoms with Crippen LogP contribution in [-0.2, 0) is 16.0 Å². The van der Waals surface area contributed by atoms with Crippen molar-refractivity contribution in [2.45, 2.75) is 19.4 Å². The lowest BCUT2D eigenvalue weighted by Crippen LogP contribution is -2.45. The number of benzene rings is 3. The second-order valence-corrected chi connectivity index (χ2v) is 7.15. The fraction of sp³-hybridized carbons (Fsp3) is 0.120. The van der Waals surface area contributed by atoms with Crippen molar-refractivity contribution in [3.05, 3.63) is 101 Å². The van der Waals surface area contributed by atoms with E-state index in [1.54, 1.807) is 60.7 Å². The van der Waals surface area contributed by atoms with Gasteiger partial charge in [0.2, 0.25) is 5.91 Å². The molecule has 7 heteroatoms. The van der Waals surface area contributed by atoms with E-state index < -0.39 is 23.8 Å². The highest BCUT2D eigenvalue weighted by Gasteiger charge is 2.20. The molecule has 1 atom stereocenters. The maximum absolute atomic E-state index is 12.6. The molecule has 0 fully saturated rings. The number of hydrogen-bond acceptors (Lipinski definition) is 5. The van der Waals surface area contributed by atoms with Gasteiger partial charge in [-0.05, 0) is 23.8 Å². The van der Waals surface area contributed by atoms with Crippen molar-refractivity contribution in [1.29, 1.82) is 0 Å². The Hall–Kier alpha value is -4.26. The molecular formula is C25H22N2O5. The molecule has 162 valence electrons. The zero-order valence-electron chi connectivity index (χ0n) is 17.4. The van der Waals surface area contributed by atoms with Crippen LogP contribution < -0.4 is 15.8 Å². The number of esters is 1. The van der Waals surface area contributed by atoms with Gasteiger partial charge in [0, 0.05) is 30.0 Å². The minimum absolute atomic E-state index is 0.107.